The fraction of sp³-hybridized carbons (Fsp3) is 0.0833. The smallest absolute Gasteiger partial charge is 0.301 e. The van der Waals surface area contributed by atoms with Gasteiger partial charge in [0.15, 0.2) is 5.76 Å². The van der Waals surface area contributed by atoms with E-state index in [1.807, 2.05) is 10.3 Å². The number of halogens is 1. The first-order chi connectivity index (χ1) is 9.40. The molecule has 106 valence electrons. The van der Waals surface area contributed by atoms with Crippen LogP contribution >= 0.6 is 0 Å². The largest absolute Gasteiger partial charge is 0.459 e. The Kier molecular flexibility index (Phi) is 3.86. The molecule has 0 aliphatic rings. The third-order valence-electron chi connectivity index (χ3n) is 2.47. The average Bonchev–Trinajstić information content (AvgIpc) is 2.89. The lowest BCUT2D eigenvalue weighted by atomic mass is 10.2. The van der Waals surface area contributed by atoms with Crippen molar-refractivity contribution in [3.05, 3.63) is 53.7 Å². The summed E-state index contributed by atoms with van der Waals surface area (Å²) in [4.78, 5) is 13.3. The number of aryl methyl sites for hydroxylation is 1. The normalized spacial score (nSPS) is 11.3. The Morgan fingerprint density at radius 3 is 2.65 bits per heavy atom. The Morgan fingerprint density at radius 1 is 1.30 bits per heavy atom. The molecule has 0 bridgehead atoms. The predicted molar refractivity (Wildman–Crippen MR) is 67.6 cm³/mol. The van der Waals surface area contributed by atoms with E-state index in [2.05, 4.69) is 0 Å². The van der Waals surface area contributed by atoms with Gasteiger partial charge in [-0.2, -0.15) is 0 Å². The molecular weight excluding hydrogens is 287 g/mol. The number of hydrogen-bond acceptors (Lipinski definition) is 4. The van der Waals surface area contributed by atoms with Gasteiger partial charge in [0.05, 0.1) is 11.2 Å². The third kappa shape index (κ3) is 3.03. The van der Waals surface area contributed by atoms with Gasteiger partial charge in [-0.15, -0.1) is 4.83 Å². The fourth-order valence-electron chi connectivity index (χ4n) is 1.55. The zero-order valence-corrected chi connectivity index (χ0v) is 11.2. The van der Waals surface area contributed by atoms with Gasteiger partial charge in [0.2, 0.25) is 0 Å². The molecule has 1 heterocycles. The van der Waals surface area contributed by atoms with Crippen molar-refractivity contribution < 1.29 is 22.0 Å². The molecule has 20 heavy (non-hydrogen) atoms. The van der Waals surface area contributed by atoms with E-state index in [0.717, 1.165) is 18.2 Å². The Morgan fingerprint density at radius 2 is 2.05 bits per heavy atom. The van der Waals surface area contributed by atoms with Crippen LogP contribution in [0.2, 0.25) is 0 Å². The summed E-state index contributed by atoms with van der Waals surface area (Å²) < 4.78 is 41.7. The molecule has 6 nitrogen and oxygen atoms in total. The second-order valence-electron chi connectivity index (χ2n) is 3.95. The topological polar surface area (TPSA) is 88.4 Å². The predicted octanol–water partition coefficient (Wildman–Crippen LogP) is 1.35. The summed E-state index contributed by atoms with van der Waals surface area (Å²) in [5.74, 6) is -1.32. The molecule has 0 spiro atoms. The summed E-state index contributed by atoms with van der Waals surface area (Å²) in [6.45, 7) is 1.45. The molecule has 2 N–H and O–H groups in total. The van der Waals surface area contributed by atoms with E-state index in [-0.39, 0.29) is 16.2 Å². The number of furan rings is 1. The fourth-order valence-corrected chi connectivity index (χ4v) is 2.62. The lowest BCUT2D eigenvalue weighted by Crippen LogP contribution is -2.41. The maximum absolute atomic E-state index is 12.9. The quantitative estimate of drug-likeness (QED) is 0.834. The van der Waals surface area contributed by atoms with Crippen molar-refractivity contribution in [1.82, 2.24) is 10.3 Å². The minimum absolute atomic E-state index is 0.0384. The van der Waals surface area contributed by atoms with Crippen LogP contribution in [0.25, 0.3) is 0 Å². The number of rotatable bonds is 4. The SMILES string of the molecule is Cc1cc(F)ccc1S(=O)(=O)NNC(=O)c1ccco1. The molecule has 8 heteroatoms. The lowest BCUT2D eigenvalue weighted by Gasteiger charge is -2.09. The molecule has 0 radical (unpaired) electrons. The first-order valence-corrected chi connectivity index (χ1v) is 7.00. The number of amides is 1. The first kappa shape index (κ1) is 14.2. The number of hydrazine groups is 1. The summed E-state index contributed by atoms with van der Waals surface area (Å²) in [6.07, 6.45) is 1.29. The van der Waals surface area contributed by atoms with Gasteiger partial charge in [0, 0.05) is 0 Å². The van der Waals surface area contributed by atoms with Gasteiger partial charge in [-0.05, 0) is 42.8 Å². The molecule has 2 aromatic rings. The Balaban J connectivity index is 2.14. The van der Waals surface area contributed by atoms with Crippen molar-refractivity contribution in [2.45, 2.75) is 11.8 Å². The maximum atomic E-state index is 12.9. The highest BCUT2D eigenvalue weighted by Crippen LogP contribution is 2.15. The molecule has 0 aliphatic carbocycles. The van der Waals surface area contributed by atoms with Crippen LogP contribution in [0.4, 0.5) is 4.39 Å². The second kappa shape index (κ2) is 5.43. The van der Waals surface area contributed by atoms with E-state index in [1.54, 1.807) is 0 Å². The van der Waals surface area contributed by atoms with E-state index in [1.165, 1.54) is 25.3 Å². The molecule has 0 saturated heterocycles. The minimum atomic E-state index is -3.98. The minimum Gasteiger partial charge on any atom is -0.459 e. The first-order valence-electron chi connectivity index (χ1n) is 5.52. The highest BCUT2D eigenvalue weighted by Gasteiger charge is 2.19. The highest BCUT2D eigenvalue weighted by molar-refractivity contribution is 7.89. The van der Waals surface area contributed by atoms with Crippen LogP contribution in [0.15, 0.2) is 45.9 Å². The monoisotopic (exact) mass is 298 g/mol. The zero-order chi connectivity index (χ0) is 14.8. The number of nitrogens with one attached hydrogen (secondary N) is 2. The van der Waals surface area contributed by atoms with Crippen molar-refractivity contribution in [3.63, 3.8) is 0 Å². The van der Waals surface area contributed by atoms with Gasteiger partial charge in [-0.25, -0.2) is 12.8 Å². The van der Waals surface area contributed by atoms with Crippen LogP contribution in [0.3, 0.4) is 0 Å². The number of carbonyl (C=O) groups excluding carboxylic acids is 1. The molecule has 0 unspecified atom stereocenters. The van der Waals surface area contributed by atoms with Crippen LogP contribution in [0, 0.1) is 12.7 Å². The van der Waals surface area contributed by atoms with Gasteiger partial charge in [0.1, 0.15) is 5.82 Å². The summed E-state index contributed by atoms with van der Waals surface area (Å²) in [7, 11) is -3.98. The summed E-state index contributed by atoms with van der Waals surface area (Å²) in [6, 6.07) is 6.10. The summed E-state index contributed by atoms with van der Waals surface area (Å²) in [5, 5.41) is 0. The van der Waals surface area contributed by atoms with Crippen LogP contribution < -0.4 is 10.3 Å². The summed E-state index contributed by atoms with van der Waals surface area (Å²) in [5.41, 5.74) is 2.23. The molecule has 0 saturated carbocycles. The zero-order valence-electron chi connectivity index (χ0n) is 10.4. The Labute approximate surface area is 114 Å². The van der Waals surface area contributed by atoms with E-state index >= 15 is 0 Å². The standard InChI is InChI=1S/C12H11FN2O4S/c1-8-7-9(13)4-5-11(8)20(17,18)15-14-12(16)10-3-2-6-19-10/h2-7,15H,1H3,(H,14,16). The second-order valence-corrected chi connectivity index (χ2v) is 5.60. The summed E-state index contributed by atoms with van der Waals surface area (Å²) >= 11 is 0. The molecule has 2 rings (SSSR count). The molecule has 0 aliphatic heterocycles. The number of hydrogen-bond donors (Lipinski definition) is 2. The van der Waals surface area contributed by atoms with Crippen LogP contribution in [0.1, 0.15) is 16.1 Å². The molecule has 0 fully saturated rings. The van der Waals surface area contributed by atoms with E-state index in [9.17, 15) is 17.6 Å². The molecule has 0 atom stereocenters. The molecule has 1 aromatic carbocycles. The van der Waals surface area contributed by atoms with E-state index < -0.39 is 21.7 Å². The van der Waals surface area contributed by atoms with Gasteiger partial charge >= 0.3 is 5.91 Å². The molecular formula is C12H11FN2O4S. The van der Waals surface area contributed by atoms with Gasteiger partial charge in [-0.1, -0.05) is 0 Å². The molecule has 1 aromatic heterocycles. The van der Waals surface area contributed by atoms with Crippen molar-refractivity contribution in [3.8, 4) is 0 Å². The average molecular weight is 298 g/mol. The third-order valence-corrected chi connectivity index (χ3v) is 3.88. The number of carbonyl (C=O) groups is 1. The number of benzene rings is 1. The molecule has 1 amide bonds. The number of sulfonamides is 1. The van der Waals surface area contributed by atoms with Gasteiger partial charge in [-0.3, -0.25) is 10.2 Å². The van der Waals surface area contributed by atoms with E-state index in [0.29, 0.717) is 0 Å². The lowest BCUT2D eigenvalue weighted by molar-refractivity contribution is 0.0917. The van der Waals surface area contributed by atoms with Crippen LogP contribution in [-0.4, -0.2) is 14.3 Å². The van der Waals surface area contributed by atoms with E-state index in [4.69, 9.17) is 4.42 Å². The Hall–Kier alpha value is -2.19. The van der Waals surface area contributed by atoms with Gasteiger partial charge < -0.3 is 4.42 Å². The van der Waals surface area contributed by atoms with Crippen molar-refractivity contribution in [2.24, 2.45) is 0 Å². The van der Waals surface area contributed by atoms with Crippen molar-refractivity contribution in [1.29, 1.82) is 0 Å². The van der Waals surface area contributed by atoms with Crippen LogP contribution in [-0.2, 0) is 10.0 Å². The Bertz CT molecular complexity index is 726. The van der Waals surface area contributed by atoms with Crippen molar-refractivity contribution in [2.75, 3.05) is 0 Å². The highest BCUT2D eigenvalue weighted by atomic mass is 32.2. The van der Waals surface area contributed by atoms with Gasteiger partial charge in [0.25, 0.3) is 10.0 Å². The van der Waals surface area contributed by atoms with Crippen molar-refractivity contribution >= 4 is 15.9 Å². The van der Waals surface area contributed by atoms with Crippen LogP contribution in [0.5, 0.6) is 0 Å². The maximum Gasteiger partial charge on any atom is 0.301 e.